The second kappa shape index (κ2) is 4.96. The van der Waals surface area contributed by atoms with Gasteiger partial charge in [-0.3, -0.25) is 0 Å². The van der Waals surface area contributed by atoms with Gasteiger partial charge >= 0.3 is 0 Å². The summed E-state index contributed by atoms with van der Waals surface area (Å²) in [6, 6.07) is 7.72. The molecule has 3 atom stereocenters. The first-order valence-corrected chi connectivity index (χ1v) is 9.93. The van der Waals surface area contributed by atoms with Crippen LogP contribution in [0.5, 0.6) is 0 Å². The van der Waals surface area contributed by atoms with Gasteiger partial charge in [0.2, 0.25) is 0 Å². The lowest BCUT2D eigenvalue weighted by Crippen LogP contribution is -2.68. The Balaban J connectivity index is 1.58. The number of benzene rings is 1. The number of sulfone groups is 1. The Morgan fingerprint density at radius 2 is 2.18 bits per heavy atom. The standard InChI is InChI=1S/C17H23NO3S/c1-2-22(19,20)13-6-3-5-12(11-13)18-15-14-7-10-21-16(14)17(15)8-4-9-17/h3,5-6,11,14-16,18H,2,4,7-10H2,1H3/t14-,15-,16-/m1/s1. The predicted molar refractivity (Wildman–Crippen MR) is 85.7 cm³/mol. The molecule has 1 saturated heterocycles. The molecule has 1 spiro atoms. The van der Waals surface area contributed by atoms with Crippen molar-refractivity contribution in [1.29, 1.82) is 0 Å². The first kappa shape index (κ1) is 14.5. The SMILES string of the molecule is CCS(=O)(=O)c1cccc(N[C@@H]2[C@H]3CCO[C@H]3C23CCC3)c1. The second-order valence-electron chi connectivity index (χ2n) is 6.88. The van der Waals surface area contributed by atoms with Gasteiger partial charge in [-0.25, -0.2) is 8.42 Å². The van der Waals surface area contributed by atoms with E-state index in [0.29, 0.717) is 28.4 Å². The Labute approximate surface area is 132 Å². The molecule has 5 heteroatoms. The van der Waals surface area contributed by atoms with Crippen LogP contribution in [-0.4, -0.2) is 32.9 Å². The van der Waals surface area contributed by atoms with E-state index in [1.807, 2.05) is 12.1 Å². The average molecular weight is 321 g/mol. The minimum atomic E-state index is -3.15. The Hall–Kier alpha value is -1.07. The molecule has 1 N–H and O–H groups in total. The number of nitrogens with one attached hydrogen (secondary N) is 1. The maximum atomic E-state index is 12.1. The lowest BCUT2D eigenvalue weighted by Gasteiger charge is -2.63. The highest BCUT2D eigenvalue weighted by molar-refractivity contribution is 7.91. The van der Waals surface area contributed by atoms with Gasteiger partial charge < -0.3 is 10.1 Å². The zero-order valence-corrected chi connectivity index (χ0v) is 13.7. The topological polar surface area (TPSA) is 55.4 Å². The molecule has 2 saturated carbocycles. The molecule has 0 radical (unpaired) electrons. The molecule has 3 aliphatic rings. The van der Waals surface area contributed by atoms with E-state index < -0.39 is 9.84 Å². The Morgan fingerprint density at radius 3 is 2.86 bits per heavy atom. The minimum absolute atomic E-state index is 0.141. The highest BCUT2D eigenvalue weighted by Crippen LogP contribution is 2.63. The van der Waals surface area contributed by atoms with E-state index in [2.05, 4.69) is 5.32 Å². The molecule has 3 fully saturated rings. The summed E-state index contributed by atoms with van der Waals surface area (Å²) in [5, 5.41) is 3.63. The third-order valence-corrected chi connectivity index (χ3v) is 7.66. The maximum absolute atomic E-state index is 12.1. The van der Waals surface area contributed by atoms with Crippen LogP contribution in [0.2, 0.25) is 0 Å². The van der Waals surface area contributed by atoms with Crippen LogP contribution in [0.1, 0.15) is 32.6 Å². The van der Waals surface area contributed by atoms with E-state index in [1.165, 1.54) is 19.3 Å². The van der Waals surface area contributed by atoms with Crippen molar-refractivity contribution in [2.45, 2.75) is 49.6 Å². The largest absolute Gasteiger partial charge is 0.381 e. The number of anilines is 1. The number of fused-ring (bicyclic) bond motifs is 2. The monoisotopic (exact) mass is 321 g/mol. The van der Waals surface area contributed by atoms with Gasteiger partial charge in [0.05, 0.1) is 16.8 Å². The molecule has 0 unspecified atom stereocenters. The highest BCUT2D eigenvalue weighted by Gasteiger charge is 2.66. The van der Waals surface area contributed by atoms with E-state index in [-0.39, 0.29) is 5.75 Å². The summed E-state index contributed by atoms with van der Waals surface area (Å²) < 4.78 is 30.0. The number of ether oxygens (including phenoxy) is 1. The third-order valence-electron chi connectivity index (χ3n) is 5.93. The summed E-state index contributed by atoms with van der Waals surface area (Å²) in [4.78, 5) is 0.418. The zero-order valence-electron chi connectivity index (χ0n) is 12.9. The van der Waals surface area contributed by atoms with Gasteiger partial charge in [0.1, 0.15) is 0 Å². The quantitative estimate of drug-likeness (QED) is 0.926. The molecule has 4 nitrogen and oxygen atoms in total. The summed E-state index contributed by atoms with van der Waals surface area (Å²) in [6.45, 7) is 2.56. The second-order valence-corrected chi connectivity index (χ2v) is 9.16. The summed E-state index contributed by atoms with van der Waals surface area (Å²) in [5.74, 6) is 0.731. The molecule has 120 valence electrons. The molecule has 1 heterocycles. The normalized spacial score (nSPS) is 32.1. The van der Waals surface area contributed by atoms with Gasteiger partial charge in [-0.2, -0.15) is 0 Å². The molecule has 2 aliphatic carbocycles. The molecular weight excluding hydrogens is 298 g/mol. The lowest BCUT2D eigenvalue weighted by atomic mass is 9.46. The highest BCUT2D eigenvalue weighted by atomic mass is 32.2. The Kier molecular flexibility index (Phi) is 3.28. The van der Waals surface area contributed by atoms with Crippen molar-refractivity contribution in [2.75, 3.05) is 17.7 Å². The predicted octanol–water partition coefficient (Wildman–Crippen LogP) is 2.85. The van der Waals surface area contributed by atoms with Crippen molar-refractivity contribution < 1.29 is 13.2 Å². The Bertz CT molecular complexity index is 681. The van der Waals surface area contributed by atoms with E-state index >= 15 is 0 Å². The summed E-state index contributed by atoms with van der Waals surface area (Å²) in [6.07, 6.45) is 5.31. The number of hydrogen-bond acceptors (Lipinski definition) is 4. The molecule has 1 aromatic rings. The van der Waals surface area contributed by atoms with Gasteiger partial charge in [0, 0.05) is 29.7 Å². The van der Waals surface area contributed by atoms with E-state index in [1.54, 1.807) is 19.1 Å². The summed E-state index contributed by atoms with van der Waals surface area (Å²) in [5.41, 5.74) is 1.23. The van der Waals surface area contributed by atoms with Gasteiger partial charge in [0.25, 0.3) is 0 Å². The maximum Gasteiger partial charge on any atom is 0.178 e. The molecule has 4 rings (SSSR count). The van der Waals surface area contributed by atoms with Crippen molar-refractivity contribution in [2.24, 2.45) is 11.3 Å². The molecule has 0 bridgehead atoms. The average Bonchev–Trinajstić information content (AvgIpc) is 2.89. The van der Waals surface area contributed by atoms with Crippen LogP contribution in [0, 0.1) is 11.3 Å². The molecule has 1 aliphatic heterocycles. The van der Waals surface area contributed by atoms with E-state index in [0.717, 1.165) is 18.7 Å². The molecule has 0 amide bonds. The lowest BCUT2D eigenvalue weighted by molar-refractivity contribution is -0.158. The molecule has 1 aromatic carbocycles. The first-order valence-electron chi connectivity index (χ1n) is 8.28. The third kappa shape index (κ3) is 1.95. The minimum Gasteiger partial charge on any atom is -0.381 e. The number of rotatable bonds is 4. The van der Waals surface area contributed by atoms with E-state index in [4.69, 9.17) is 4.74 Å². The van der Waals surface area contributed by atoms with Gasteiger partial charge in [-0.05, 0) is 37.5 Å². The van der Waals surface area contributed by atoms with E-state index in [9.17, 15) is 8.42 Å². The summed E-state index contributed by atoms with van der Waals surface area (Å²) in [7, 11) is -3.15. The van der Waals surface area contributed by atoms with Crippen LogP contribution in [-0.2, 0) is 14.6 Å². The molecule has 0 aromatic heterocycles. The van der Waals surface area contributed by atoms with Crippen LogP contribution in [0.4, 0.5) is 5.69 Å². The van der Waals surface area contributed by atoms with Crippen LogP contribution in [0.15, 0.2) is 29.2 Å². The zero-order chi connectivity index (χ0) is 15.4. The van der Waals surface area contributed by atoms with Gasteiger partial charge in [0.15, 0.2) is 9.84 Å². The van der Waals surface area contributed by atoms with Crippen molar-refractivity contribution in [3.05, 3.63) is 24.3 Å². The smallest absolute Gasteiger partial charge is 0.178 e. The van der Waals surface area contributed by atoms with Crippen molar-refractivity contribution in [3.8, 4) is 0 Å². The van der Waals surface area contributed by atoms with Gasteiger partial charge in [-0.1, -0.05) is 19.4 Å². The van der Waals surface area contributed by atoms with Crippen molar-refractivity contribution in [3.63, 3.8) is 0 Å². The Morgan fingerprint density at radius 1 is 1.36 bits per heavy atom. The van der Waals surface area contributed by atoms with Crippen LogP contribution in [0.25, 0.3) is 0 Å². The fraction of sp³-hybridized carbons (Fsp3) is 0.647. The fourth-order valence-corrected chi connectivity index (χ4v) is 5.51. The van der Waals surface area contributed by atoms with Gasteiger partial charge in [-0.15, -0.1) is 0 Å². The summed E-state index contributed by atoms with van der Waals surface area (Å²) >= 11 is 0. The fourth-order valence-electron chi connectivity index (χ4n) is 4.58. The van der Waals surface area contributed by atoms with Crippen molar-refractivity contribution in [1.82, 2.24) is 0 Å². The number of hydrogen-bond donors (Lipinski definition) is 1. The van der Waals surface area contributed by atoms with Crippen molar-refractivity contribution >= 4 is 15.5 Å². The van der Waals surface area contributed by atoms with Crippen LogP contribution < -0.4 is 5.32 Å². The van der Waals surface area contributed by atoms with Crippen LogP contribution in [0.3, 0.4) is 0 Å². The molecule has 22 heavy (non-hydrogen) atoms. The molecular formula is C17H23NO3S. The van der Waals surface area contributed by atoms with Crippen LogP contribution >= 0.6 is 0 Å². The first-order chi connectivity index (χ1) is 10.6.